The second kappa shape index (κ2) is 7.51. The van der Waals surface area contributed by atoms with Gasteiger partial charge in [-0.1, -0.05) is 44.2 Å². The number of carbonyl (C=O) groups is 2. The number of fused-ring (bicyclic) bond motifs is 1. The monoisotopic (exact) mass is 383 g/mol. The molecule has 0 bridgehead atoms. The van der Waals surface area contributed by atoms with Crippen molar-refractivity contribution in [3.8, 4) is 0 Å². The van der Waals surface area contributed by atoms with E-state index in [1.165, 1.54) is 0 Å². The molecule has 5 heteroatoms. The van der Waals surface area contributed by atoms with E-state index in [-0.39, 0.29) is 22.6 Å². The zero-order valence-electron chi connectivity index (χ0n) is 17.2. The minimum absolute atomic E-state index is 0.0198. The Morgan fingerprint density at radius 1 is 1.11 bits per heavy atom. The smallest absolute Gasteiger partial charge is 0.228 e. The number of amides is 2. The molecule has 1 N–H and O–H groups in total. The summed E-state index contributed by atoms with van der Waals surface area (Å²) in [6, 6.07) is 9.98. The fourth-order valence-electron chi connectivity index (χ4n) is 5.86. The van der Waals surface area contributed by atoms with Crippen LogP contribution in [0.4, 0.5) is 0 Å². The van der Waals surface area contributed by atoms with E-state index < -0.39 is 0 Å². The SMILES string of the molecule is CC(C)CN1CC2(CCN(C(=O)Cc3ccccc3)CC2)C2(CCNC2=O)C1. The minimum Gasteiger partial charge on any atom is -0.356 e. The van der Waals surface area contributed by atoms with Gasteiger partial charge in [-0.3, -0.25) is 9.59 Å². The highest BCUT2D eigenvalue weighted by Crippen LogP contribution is 2.56. The van der Waals surface area contributed by atoms with Gasteiger partial charge in [0.05, 0.1) is 11.8 Å². The van der Waals surface area contributed by atoms with Crippen molar-refractivity contribution < 1.29 is 9.59 Å². The summed E-state index contributed by atoms with van der Waals surface area (Å²) in [4.78, 5) is 30.3. The van der Waals surface area contributed by atoms with E-state index in [0.29, 0.717) is 12.3 Å². The van der Waals surface area contributed by atoms with E-state index >= 15 is 0 Å². The quantitative estimate of drug-likeness (QED) is 0.868. The second-order valence-electron chi connectivity index (χ2n) is 9.47. The van der Waals surface area contributed by atoms with Crippen molar-refractivity contribution in [1.82, 2.24) is 15.1 Å². The van der Waals surface area contributed by atoms with Crippen LogP contribution in [0.2, 0.25) is 0 Å². The maximum atomic E-state index is 12.9. The number of carbonyl (C=O) groups excluding carboxylic acids is 2. The highest BCUT2D eigenvalue weighted by Gasteiger charge is 2.63. The maximum absolute atomic E-state index is 12.9. The van der Waals surface area contributed by atoms with Gasteiger partial charge in [0, 0.05) is 44.7 Å². The highest BCUT2D eigenvalue weighted by atomic mass is 16.2. The summed E-state index contributed by atoms with van der Waals surface area (Å²) in [6.07, 6.45) is 3.29. The molecule has 152 valence electrons. The molecule has 3 saturated heterocycles. The number of likely N-dealkylation sites (tertiary alicyclic amines) is 2. The van der Waals surface area contributed by atoms with Crippen molar-refractivity contribution >= 4 is 11.8 Å². The fraction of sp³-hybridized carbons (Fsp3) is 0.652. The van der Waals surface area contributed by atoms with Crippen LogP contribution in [0.1, 0.15) is 38.7 Å². The molecule has 0 radical (unpaired) electrons. The van der Waals surface area contributed by atoms with Crippen LogP contribution in [0.15, 0.2) is 30.3 Å². The van der Waals surface area contributed by atoms with Crippen molar-refractivity contribution in [3.63, 3.8) is 0 Å². The Balaban J connectivity index is 1.46. The summed E-state index contributed by atoms with van der Waals surface area (Å²) >= 11 is 0. The molecular weight excluding hydrogens is 350 g/mol. The number of nitrogens with one attached hydrogen (secondary N) is 1. The standard InChI is InChI=1S/C23H33N3O2/c1-18(2)15-25-16-22(23(17-25)8-11-24-21(23)28)9-12-26(13-10-22)20(27)14-19-6-4-3-5-7-19/h3-7,18H,8-17H2,1-2H3,(H,24,28). The van der Waals surface area contributed by atoms with Crippen LogP contribution in [0.5, 0.6) is 0 Å². The zero-order valence-corrected chi connectivity index (χ0v) is 17.2. The maximum Gasteiger partial charge on any atom is 0.228 e. The molecule has 2 amide bonds. The number of rotatable bonds is 4. The second-order valence-corrected chi connectivity index (χ2v) is 9.47. The number of benzene rings is 1. The third-order valence-electron chi connectivity index (χ3n) is 7.20. The molecule has 3 aliphatic heterocycles. The predicted octanol–water partition coefficient (Wildman–Crippen LogP) is 2.32. The molecule has 0 aromatic heterocycles. The average Bonchev–Trinajstić information content (AvgIpc) is 3.17. The summed E-state index contributed by atoms with van der Waals surface area (Å²) in [7, 11) is 0. The Kier molecular flexibility index (Phi) is 5.21. The first-order chi connectivity index (χ1) is 13.4. The van der Waals surface area contributed by atoms with Crippen molar-refractivity contribution in [2.45, 2.75) is 39.5 Å². The van der Waals surface area contributed by atoms with Crippen LogP contribution in [0.3, 0.4) is 0 Å². The lowest BCUT2D eigenvalue weighted by atomic mass is 9.60. The van der Waals surface area contributed by atoms with Crippen molar-refractivity contribution in [2.75, 3.05) is 39.3 Å². The highest BCUT2D eigenvalue weighted by molar-refractivity contribution is 5.86. The van der Waals surface area contributed by atoms with E-state index in [2.05, 4.69) is 24.1 Å². The van der Waals surface area contributed by atoms with Gasteiger partial charge in [-0.05, 0) is 30.7 Å². The molecule has 2 spiro atoms. The molecule has 0 saturated carbocycles. The normalized spacial score (nSPS) is 27.1. The topological polar surface area (TPSA) is 52.6 Å². The molecule has 28 heavy (non-hydrogen) atoms. The van der Waals surface area contributed by atoms with Gasteiger partial charge in [0.15, 0.2) is 0 Å². The first-order valence-corrected chi connectivity index (χ1v) is 10.8. The third kappa shape index (κ3) is 3.34. The van der Waals surface area contributed by atoms with E-state index in [1.807, 2.05) is 35.2 Å². The Morgan fingerprint density at radius 3 is 2.43 bits per heavy atom. The van der Waals surface area contributed by atoms with E-state index in [0.717, 1.165) is 64.1 Å². The fourth-order valence-corrected chi connectivity index (χ4v) is 5.86. The molecule has 5 nitrogen and oxygen atoms in total. The summed E-state index contributed by atoms with van der Waals surface area (Å²) in [6.45, 7) is 9.77. The lowest BCUT2D eigenvalue weighted by Crippen LogP contribution is -2.53. The molecule has 1 unspecified atom stereocenters. The molecule has 1 aromatic carbocycles. The van der Waals surface area contributed by atoms with Crippen LogP contribution in [-0.2, 0) is 16.0 Å². The van der Waals surface area contributed by atoms with Gasteiger partial charge >= 0.3 is 0 Å². The summed E-state index contributed by atoms with van der Waals surface area (Å²) in [5.41, 5.74) is 0.839. The Bertz CT molecular complexity index is 725. The zero-order chi connectivity index (χ0) is 19.8. The number of nitrogens with zero attached hydrogens (tertiary/aromatic N) is 2. The van der Waals surface area contributed by atoms with Crippen molar-refractivity contribution in [2.24, 2.45) is 16.7 Å². The number of hydrogen-bond donors (Lipinski definition) is 1. The molecule has 3 fully saturated rings. The summed E-state index contributed by atoms with van der Waals surface area (Å²) in [5.74, 6) is 1.06. The van der Waals surface area contributed by atoms with Crippen LogP contribution in [0, 0.1) is 16.7 Å². The molecule has 4 rings (SSSR count). The largest absolute Gasteiger partial charge is 0.356 e. The van der Waals surface area contributed by atoms with Gasteiger partial charge in [0.2, 0.25) is 11.8 Å². The van der Waals surface area contributed by atoms with Crippen LogP contribution in [-0.4, -0.2) is 60.9 Å². The minimum atomic E-state index is -0.254. The average molecular weight is 384 g/mol. The summed E-state index contributed by atoms with van der Waals surface area (Å²) in [5, 5.41) is 3.12. The van der Waals surface area contributed by atoms with Gasteiger partial charge in [-0.15, -0.1) is 0 Å². The Morgan fingerprint density at radius 2 is 1.82 bits per heavy atom. The van der Waals surface area contributed by atoms with Crippen LogP contribution >= 0.6 is 0 Å². The number of hydrogen-bond acceptors (Lipinski definition) is 3. The molecule has 3 aliphatic rings. The predicted molar refractivity (Wildman–Crippen MR) is 110 cm³/mol. The third-order valence-corrected chi connectivity index (χ3v) is 7.20. The molecule has 1 aromatic rings. The molecule has 1 atom stereocenters. The van der Waals surface area contributed by atoms with Gasteiger partial charge < -0.3 is 15.1 Å². The Labute approximate surface area is 168 Å². The lowest BCUT2D eigenvalue weighted by Gasteiger charge is -2.46. The first-order valence-electron chi connectivity index (χ1n) is 10.8. The van der Waals surface area contributed by atoms with Gasteiger partial charge in [-0.2, -0.15) is 0 Å². The number of piperidine rings is 1. The van der Waals surface area contributed by atoms with Crippen molar-refractivity contribution in [1.29, 1.82) is 0 Å². The van der Waals surface area contributed by atoms with E-state index in [9.17, 15) is 9.59 Å². The van der Waals surface area contributed by atoms with Gasteiger partial charge in [0.1, 0.15) is 0 Å². The van der Waals surface area contributed by atoms with Crippen LogP contribution < -0.4 is 5.32 Å². The van der Waals surface area contributed by atoms with Crippen molar-refractivity contribution in [3.05, 3.63) is 35.9 Å². The van der Waals surface area contributed by atoms with Gasteiger partial charge in [-0.25, -0.2) is 0 Å². The molecular formula is C23H33N3O2. The van der Waals surface area contributed by atoms with E-state index in [4.69, 9.17) is 0 Å². The summed E-state index contributed by atoms with van der Waals surface area (Å²) < 4.78 is 0. The van der Waals surface area contributed by atoms with Crippen LogP contribution in [0.25, 0.3) is 0 Å². The first kappa shape index (κ1) is 19.4. The lowest BCUT2D eigenvalue weighted by molar-refractivity contribution is -0.138. The molecule has 3 heterocycles. The van der Waals surface area contributed by atoms with E-state index in [1.54, 1.807) is 0 Å². The molecule has 0 aliphatic carbocycles. The van der Waals surface area contributed by atoms with Gasteiger partial charge in [0.25, 0.3) is 0 Å². The Hall–Kier alpha value is -1.88.